The molecule has 1 aliphatic heterocycles. The lowest BCUT2D eigenvalue weighted by Crippen LogP contribution is -2.49. The van der Waals surface area contributed by atoms with E-state index in [2.05, 4.69) is 0 Å². The third-order valence-electron chi connectivity index (χ3n) is 4.07. The second-order valence-electron chi connectivity index (χ2n) is 5.79. The topological polar surface area (TPSA) is 81.9 Å². The molecule has 6 heteroatoms. The molecular formula is C17H24N2O4. The van der Waals surface area contributed by atoms with Gasteiger partial charge in [-0.1, -0.05) is 18.2 Å². The van der Waals surface area contributed by atoms with Crippen molar-refractivity contribution in [3.05, 3.63) is 30.3 Å². The largest absolute Gasteiger partial charge is 0.491 e. The van der Waals surface area contributed by atoms with Gasteiger partial charge in [0.25, 0.3) is 0 Å². The number of hydrogen-bond donors (Lipinski definition) is 1. The Morgan fingerprint density at radius 1 is 1.22 bits per heavy atom. The van der Waals surface area contributed by atoms with Gasteiger partial charge in [0.2, 0.25) is 11.8 Å². The van der Waals surface area contributed by atoms with Crippen molar-refractivity contribution in [3.8, 4) is 5.75 Å². The van der Waals surface area contributed by atoms with E-state index >= 15 is 0 Å². The average Bonchev–Trinajstić information content (AvgIpc) is 2.55. The highest BCUT2D eigenvalue weighted by Crippen LogP contribution is 2.21. The fourth-order valence-electron chi connectivity index (χ4n) is 2.66. The van der Waals surface area contributed by atoms with Gasteiger partial charge >= 0.3 is 0 Å². The molecule has 6 nitrogen and oxygen atoms in total. The van der Waals surface area contributed by atoms with E-state index in [0.717, 1.165) is 18.6 Å². The number of nitrogens with zero attached hydrogens (tertiary/aromatic N) is 1. The third-order valence-corrected chi connectivity index (χ3v) is 4.07. The van der Waals surface area contributed by atoms with Crippen LogP contribution < -0.4 is 10.5 Å². The average molecular weight is 320 g/mol. The Bertz CT molecular complexity index is 521. The van der Waals surface area contributed by atoms with E-state index in [-0.39, 0.29) is 30.4 Å². The first kappa shape index (κ1) is 17.3. The number of carbonyl (C=O) groups excluding carboxylic acids is 2. The normalized spacial score (nSPS) is 21.0. The summed E-state index contributed by atoms with van der Waals surface area (Å²) in [4.78, 5) is 25.2. The summed E-state index contributed by atoms with van der Waals surface area (Å²) in [5.74, 6) is 0.0722. The van der Waals surface area contributed by atoms with Gasteiger partial charge in [-0.15, -0.1) is 0 Å². The molecule has 1 fully saturated rings. The maximum Gasteiger partial charge on any atom is 0.248 e. The zero-order valence-corrected chi connectivity index (χ0v) is 13.4. The van der Waals surface area contributed by atoms with Crippen molar-refractivity contribution < 1.29 is 19.1 Å². The van der Waals surface area contributed by atoms with Crippen LogP contribution in [0.15, 0.2) is 30.3 Å². The molecule has 0 unspecified atom stereocenters. The van der Waals surface area contributed by atoms with Gasteiger partial charge in [-0.3, -0.25) is 9.59 Å². The first-order valence-electron chi connectivity index (χ1n) is 7.92. The molecule has 0 radical (unpaired) electrons. The van der Waals surface area contributed by atoms with Gasteiger partial charge in [-0.2, -0.15) is 0 Å². The highest BCUT2D eigenvalue weighted by atomic mass is 16.5. The standard InChI is InChI=1S/C17H24N2O4/c1-13-7-8-14(17(18)21)11-19(13)16(20)12-22-9-10-23-15-5-3-2-4-6-15/h2-6,13-14H,7-12H2,1H3,(H2,18,21)/t13-,14-/m0/s1. The molecule has 1 aliphatic rings. The SMILES string of the molecule is C[C@H]1CC[C@H](C(N)=O)CN1C(=O)COCCOc1ccccc1. The van der Waals surface area contributed by atoms with Crippen LogP contribution in [-0.4, -0.2) is 49.1 Å². The second kappa shape index (κ2) is 8.53. The summed E-state index contributed by atoms with van der Waals surface area (Å²) >= 11 is 0. The number of rotatable bonds is 7. The highest BCUT2D eigenvalue weighted by molar-refractivity contribution is 5.81. The zero-order valence-electron chi connectivity index (χ0n) is 13.4. The molecule has 0 aliphatic carbocycles. The molecule has 2 atom stereocenters. The van der Waals surface area contributed by atoms with E-state index in [1.807, 2.05) is 37.3 Å². The fraction of sp³-hybridized carbons (Fsp3) is 0.529. The molecule has 0 bridgehead atoms. The van der Waals surface area contributed by atoms with E-state index < -0.39 is 0 Å². The monoisotopic (exact) mass is 320 g/mol. The number of hydrogen-bond acceptors (Lipinski definition) is 4. The van der Waals surface area contributed by atoms with Gasteiger partial charge in [0, 0.05) is 12.6 Å². The van der Waals surface area contributed by atoms with Crippen LogP contribution >= 0.6 is 0 Å². The van der Waals surface area contributed by atoms with E-state index in [1.165, 1.54) is 0 Å². The van der Waals surface area contributed by atoms with Crippen molar-refractivity contribution in [1.82, 2.24) is 4.90 Å². The minimum absolute atomic E-state index is 0.00598. The number of amides is 2. The summed E-state index contributed by atoms with van der Waals surface area (Å²) in [5.41, 5.74) is 5.35. The minimum atomic E-state index is -0.341. The molecule has 2 rings (SSSR count). The van der Waals surface area contributed by atoms with Crippen LogP contribution in [0.3, 0.4) is 0 Å². The fourth-order valence-corrected chi connectivity index (χ4v) is 2.66. The summed E-state index contributed by atoms with van der Waals surface area (Å²) in [7, 11) is 0. The number of ether oxygens (including phenoxy) is 2. The van der Waals surface area contributed by atoms with Crippen LogP contribution in [0.4, 0.5) is 0 Å². The molecule has 1 aromatic rings. The van der Waals surface area contributed by atoms with E-state index in [4.69, 9.17) is 15.2 Å². The Morgan fingerprint density at radius 2 is 1.96 bits per heavy atom. The molecule has 2 amide bonds. The Balaban J connectivity index is 1.68. The summed E-state index contributed by atoms with van der Waals surface area (Å²) in [6.45, 7) is 3.08. The van der Waals surface area contributed by atoms with Crippen molar-refractivity contribution in [3.63, 3.8) is 0 Å². The lowest BCUT2D eigenvalue weighted by molar-refractivity contribution is -0.142. The third kappa shape index (κ3) is 5.25. The summed E-state index contributed by atoms with van der Waals surface area (Å²) in [6, 6.07) is 9.55. The van der Waals surface area contributed by atoms with Gasteiger partial charge in [0.1, 0.15) is 19.0 Å². The van der Waals surface area contributed by atoms with Gasteiger partial charge in [0.15, 0.2) is 0 Å². The summed E-state index contributed by atoms with van der Waals surface area (Å²) < 4.78 is 10.9. The number of likely N-dealkylation sites (tertiary alicyclic amines) is 1. The predicted molar refractivity (Wildman–Crippen MR) is 85.8 cm³/mol. The predicted octanol–water partition coefficient (Wildman–Crippen LogP) is 1.19. The molecule has 1 saturated heterocycles. The molecule has 1 aromatic carbocycles. The van der Waals surface area contributed by atoms with E-state index in [0.29, 0.717) is 19.8 Å². The number of nitrogens with two attached hydrogens (primary N) is 1. The molecule has 1 heterocycles. The quantitative estimate of drug-likeness (QED) is 0.765. The molecule has 0 saturated carbocycles. The number of piperidine rings is 1. The maximum absolute atomic E-state index is 12.2. The molecular weight excluding hydrogens is 296 g/mol. The van der Waals surface area contributed by atoms with Gasteiger partial charge in [-0.25, -0.2) is 0 Å². The first-order valence-corrected chi connectivity index (χ1v) is 7.92. The van der Waals surface area contributed by atoms with Crippen LogP contribution in [0.2, 0.25) is 0 Å². The number of para-hydroxylation sites is 1. The first-order chi connectivity index (χ1) is 11.1. The summed E-state index contributed by atoms with van der Waals surface area (Å²) in [5, 5.41) is 0. The van der Waals surface area contributed by atoms with Crippen molar-refractivity contribution >= 4 is 11.8 Å². The van der Waals surface area contributed by atoms with Crippen molar-refractivity contribution in [2.45, 2.75) is 25.8 Å². The van der Waals surface area contributed by atoms with Gasteiger partial charge < -0.3 is 20.1 Å². The van der Waals surface area contributed by atoms with Crippen LogP contribution in [0.5, 0.6) is 5.75 Å². The minimum Gasteiger partial charge on any atom is -0.491 e. The lowest BCUT2D eigenvalue weighted by Gasteiger charge is -2.36. The number of primary amides is 1. The smallest absolute Gasteiger partial charge is 0.248 e. The van der Waals surface area contributed by atoms with Crippen LogP contribution in [0, 0.1) is 5.92 Å². The molecule has 0 aromatic heterocycles. The molecule has 126 valence electrons. The molecule has 2 N–H and O–H groups in total. The van der Waals surface area contributed by atoms with E-state index in [9.17, 15) is 9.59 Å². The Labute approximate surface area is 136 Å². The van der Waals surface area contributed by atoms with Crippen LogP contribution in [0.25, 0.3) is 0 Å². The maximum atomic E-state index is 12.2. The van der Waals surface area contributed by atoms with E-state index in [1.54, 1.807) is 4.90 Å². The number of carbonyl (C=O) groups is 2. The lowest BCUT2D eigenvalue weighted by atomic mass is 9.93. The number of benzene rings is 1. The van der Waals surface area contributed by atoms with Gasteiger partial charge in [0.05, 0.1) is 12.5 Å². The van der Waals surface area contributed by atoms with Gasteiger partial charge in [-0.05, 0) is 31.9 Å². The summed E-state index contributed by atoms with van der Waals surface area (Å²) in [6.07, 6.45) is 1.53. The highest BCUT2D eigenvalue weighted by Gasteiger charge is 2.31. The molecule has 0 spiro atoms. The van der Waals surface area contributed by atoms with Crippen molar-refractivity contribution in [2.75, 3.05) is 26.4 Å². The molecule has 23 heavy (non-hydrogen) atoms. The van der Waals surface area contributed by atoms with Crippen molar-refractivity contribution in [1.29, 1.82) is 0 Å². The Hall–Kier alpha value is -2.08. The Kier molecular flexibility index (Phi) is 6.40. The zero-order chi connectivity index (χ0) is 16.7. The Morgan fingerprint density at radius 3 is 2.65 bits per heavy atom. The van der Waals surface area contributed by atoms with Crippen LogP contribution in [0.1, 0.15) is 19.8 Å². The van der Waals surface area contributed by atoms with Crippen LogP contribution in [-0.2, 0) is 14.3 Å². The van der Waals surface area contributed by atoms with Crippen molar-refractivity contribution in [2.24, 2.45) is 11.7 Å². The second-order valence-corrected chi connectivity index (χ2v) is 5.79.